The van der Waals surface area contributed by atoms with E-state index < -0.39 is 23.6 Å². The largest absolute Gasteiger partial charge is 0.416 e. The Hall–Kier alpha value is -1.11. The Morgan fingerprint density at radius 1 is 1.20 bits per heavy atom. The summed E-state index contributed by atoms with van der Waals surface area (Å²) in [4.78, 5) is 2.04. The standard InChI is InChI=1S/C18H24F4N2.ClH/c1-2-3-4-5-6-17(24-11-9-23-10-12-24)15-13-14(19)7-8-16(15)18(20,21)22;/h2,7-8,13,17,23H,1,3-6,9-12H2;1H/t17-;/m0./s1. The van der Waals surface area contributed by atoms with Crippen molar-refractivity contribution < 1.29 is 17.6 Å². The van der Waals surface area contributed by atoms with Gasteiger partial charge >= 0.3 is 6.18 Å². The molecular formula is C18H25ClF4N2. The molecule has 1 aromatic carbocycles. The second-order valence-corrected chi connectivity index (χ2v) is 6.10. The maximum Gasteiger partial charge on any atom is 0.416 e. The van der Waals surface area contributed by atoms with Crippen molar-refractivity contribution >= 4 is 12.4 Å². The van der Waals surface area contributed by atoms with Crippen LogP contribution in [-0.4, -0.2) is 31.1 Å². The molecule has 0 bridgehead atoms. The van der Waals surface area contributed by atoms with Gasteiger partial charge in [0.1, 0.15) is 5.82 Å². The molecule has 1 fully saturated rings. The SMILES string of the molecule is C=CCCCC[C@@H](c1cc(F)ccc1C(F)(F)F)N1CCNCC1.Cl. The van der Waals surface area contributed by atoms with Gasteiger partial charge < -0.3 is 5.32 Å². The highest BCUT2D eigenvalue weighted by molar-refractivity contribution is 5.85. The molecule has 1 N–H and O–H groups in total. The van der Waals surface area contributed by atoms with Gasteiger partial charge in [-0.1, -0.05) is 12.5 Å². The van der Waals surface area contributed by atoms with Gasteiger partial charge in [-0.05, 0) is 43.0 Å². The van der Waals surface area contributed by atoms with Gasteiger partial charge in [-0.3, -0.25) is 4.90 Å². The van der Waals surface area contributed by atoms with E-state index in [-0.39, 0.29) is 18.0 Å². The molecule has 1 atom stereocenters. The molecule has 0 saturated carbocycles. The Morgan fingerprint density at radius 3 is 2.48 bits per heavy atom. The zero-order chi connectivity index (χ0) is 17.6. The predicted octanol–water partition coefficient (Wildman–Crippen LogP) is 4.96. The molecule has 0 spiro atoms. The number of hydrogen-bond acceptors (Lipinski definition) is 2. The van der Waals surface area contributed by atoms with E-state index in [2.05, 4.69) is 11.9 Å². The first kappa shape index (κ1) is 21.9. The maximum absolute atomic E-state index is 13.7. The van der Waals surface area contributed by atoms with E-state index in [1.165, 1.54) is 0 Å². The number of nitrogens with one attached hydrogen (secondary N) is 1. The van der Waals surface area contributed by atoms with E-state index in [0.717, 1.165) is 50.6 Å². The van der Waals surface area contributed by atoms with Crippen molar-refractivity contribution in [2.24, 2.45) is 0 Å². The van der Waals surface area contributed by atoms with Crippen LogP contribution in [0.5, 0.6) is 0 Å². The van der Waals surface area contributed by atoms with Gasteiger partial charge in [-0.25, -0.2) is 4.39 Å². The van der Waals surface area contributed by atoms with Crippen LogP contribution in [-0.2, 0) is 6.18 Å². The quantitative estimate of drug-likeness (QED) is 0.408. The van der Waals surface area contributed by atoms with E-state index >= 15 is 0 Å². The Bertz CT molecular complexity index is 542. The summed E-state index contributed by atoms with van der Waals surface area (Å²) in [5, 5.41) is 3.20. The van der Waals surface area contributed by atoms with Crippen LogP contribution < -0.4 is 5.32 Å². The van der Waals surface area contributed by atoms with Crippen molar-refractivity contribution in [3.8, 4) is 0 Å². The normalized spacial score (nSPS) is 17.0. The summed E-state index contributed by atoms with van der Waals surface area (Å²) in [7, 11) is 0. The molecular weight excluding hydrogens is 356 g/mol. The lowest BCUT2D eigenvalue weighted by molar-refractivity contribution is -0.138. The Balaban J connectivity index is 0.00000312. The summed E-state index contributed by atoms with van der Waals surface area (Å²) in [6.45, 7) is 6.47. The summed E-state index contributed by atoms with van der Waals surface area (Å²) in [5.41, 5.74) is -0.667. The number of rotatable bonds is 7. The molecule has 1 saturated heterocycles. The minimum Gasteiger partial charge on any atom is -0.314 e. The molecule has 0 aliphatic carbocycles. The fraction of sp³-hybridized carbons (Fsp3) is 0.556. The molecule has 1 aromatic rings. The highest BCUT2D eigenvalue weighted by Crippen LogP contribution is 2.38. The number of alkyl halides is 3. The van der Waals surface area contributed by atoms with Crippen molar-refractivity contribution in [3.63, 3.8) is 0 Å². The van der Waals surface area contributed by atoms with Crippen molar-refractivity contribution in [1.82, 2.24) is 10.2 Å². The highest BCUT2D eigenvalue weighted by atomic mass is 35.5. The summed E-state index contributed by atoms with van der Waals surface area (Å²) >= 11 is 0. The third-order valence-electron chi connectivity index (χ3n) is 4.41. The molecule has 1 aliphatic heterocycles. The molecule has 2 nitrogen and oxygen atoms in total. The number of hydrogen-bond donors (Lipinski definition) is 1. The lowest BCUT2D eigenvalue weighted by Crippen LogP contribution is -2.45. The van der Waals surface area contributed by atoms with Crippen LogP contribution >= 0.6 is 12.4 Å². The second-order valence-electron chi connectivity index (χ2n) is 6.10. The second kappa shape index (κ2) is 10.1. The zero-order valence-electron chi connectivity index (χ0n) is 14.1. The monoisotopic (exact) mass is 380 g/mol. The minimum absolute atomic E-state index is 0. The molecule has 0 amide bonds. The van der Waals surface area contributed by atoms with E-state index in [9.17, 15) is 17.6 Å². The zero-order valence-corrected chi connectivity index (χ0v) is 14.9. The van der Waals surface area contributed by atoms with Gasteiger partial charge in [0, 0.05) is 32.2 Å². The maximum atomic E-state index is 13.7. The van der Waals surface area contributed by atoms with Crippen molar-refractivity contribution in [2.75, 3.05) is 26.2 Å². The fourth-order valence-corrected chi connectivity index (χ4v) is 3.22. The molecule has 0 radical (unpaired) electrons. The fourth-order valence-electron chi connectivity index (χ4n) is 3.22. The number of benzene rings is 1. The average molecular weight is 381 g/mol. The summed E-state index contributed by atoms with van der Waals surface area (Å²) in [6.07, 6.45) is 0.417. The van der Waals surface area contributed by atoms with Crippen LogP contribution in [0.25, 0.3) is 0 Å². The Morgan fingerprint density at radius 2 is 1.88 bits per heavy atom. The molecule has 142 valence electrons. The van der Waals surface area contributed by atoms with Gasteiger partial charge in [0.15, 0.2) is 0 Å². The molecule has 7 heteroatoms. The topological polar surface area (TPSA) is 15.3 Å². The van der Waals surface area contributed by atoms with E-state index in [0.29, 0.717) is 19.5 Å². The van der Waals surface area contributed by atoms with Crippen molar-refractivity contribution in [2.45, 2.75) is 37.9 Å². The van der Waals surface area contributed by atoms with Crippen LogP contribution in [0.4, 0.5) is 17.6 Å². The van der Waals surface area contributed by atoms with Gasteiger partial charge in [0.2, 0.25) is 0 Å². The molecule has 25 heavy (non-hydrogen) atoms. The molecule has 1 aliphatic rings. The van der Waals surface area contributed by atoms with E-state index in [1.807, 2.05) is 11.0 Å². The summed E-state index contributed by atoms with van der Waals surface area (Å²) < 4.78 is 53.8. The number of piperazine rings is 1. The van der Waals surface area contributed by atoms with Crippen molar-refractivity contribution in [3.05, 3.63) is 47.8 Å². The van der Waals surface area contributed by atoms with Gasteiger partial charge in [-0.2, -0.15) is 13.2 Å². The van der Waals surface area contributed by atoms with E-state index in [1.54, 1.807) is 0 Å². The first-order valence-electron chi connectivity index (χ1n) is 8.36. The van der Waals surface area contributed by atoms with Crippen molar-refractivity contribution in [1.29, 1.82) is 0 Å². The van der Waals surface area contributed by atoms with Crippen LogP contribution in [0, 0.1) is 5.82 Å². The molecule has 0 aromatic heterocycles. The lowest BCUT2D eigenvalue weighted by Gasteiger charge is -2.36. The van der Waals surface area contributed by atoms with Crippen LogP contribution in [0.15, 0.2) is 30.9 Å². The third kappa shape index (κ3) is 6.28. The molecule has 0 unspecified atom stereocenters. The van der Waals surface area contributed by atoms with Crippen LogP contribution in [0.1, 0.15) is 42.9 Å². The van der Waals surface area contributed by atoms with Gasteiger partial charge in [0.25, 0.3) is 0 Å². The predicted molar refractivity (Wildman–Crippen MR) is 94.5 cm³/mol. The summed E-state index contributed by atoms with van der Waals surface area (Å²) in [5.74, 6) is -0.621. The number of unbranched alkanes of at least 4 members (excludes halogenated alkanes) is 2. The average Bonchev–Trinajstić information content (AvgIpc) is 2.54. The lowest BCUT2D eigenvalue weighted by atomic mass is 9.93. The first-order valence-corrected chi connectivity index (χ1v) is 8.36. The van der Waals surface area contributed by atoms with Gasteiger partial charge in [-0.15, -0.1) is 19.0 Å². The van der Waals surface area contributed by atoms with Crippen LogP contribution in [0.2, 0.25) is 0 Å². The number of nitrogens with zero attached hydrogens (tertiary/aromatic N) is 1. The first-order chi connectivity index (χ1) is 11.4. The smallest absolute Gasteiger partial charge is 0.314 e. The Labute approximate surface area is 152 Å². The molecule has 2 rings (SSSR count). The highest BCUT2D eigenvalue weighted by Gasteiger charge is 2.36. The van der Waals surface area contributed by atoms with Crippen LogP contribution in [0.3, 0.4) is 0 Å². The minimum atomic E-state index is -4.48. The van der Waals surface area contributed by atoms with E-state index in [4.69, 9.17) is 0 Å². The number of allylic oxidation sites excluding steroid dienone is 1. The Kier molecular flexibility index (Phi) is 8.89. The third-order valence-corrected chi connectivity index (χ3v) is 4.41. The summed E-state index contributed by atoms with van der Waals surface area (Å²) in [6, 6.07) is 2.40. The molecule has 1 heterocycles. The van der Waals surface area contributed by atoms with Gasteiger partial charge in [0.05, 0.1) is 5.56 Å². The number of halogens is 5.